The largest absolute Gasteiger partial charge is 0.495 e. The summed E-state index contributed by atoms with van der Waals surface area (Å²) >= 11 is 0. The van der Waals surface area contributed by atoms with Gasteiger partial charge in [-0.2, -0.15) is 0 Å². The van der Waals surface area contributed by atoms with E-state index in [1.807, 2.05) is 0 Å². The van der Waals surface area contributed by atoms with Crippen LogP contribution in [0.2, 0.25) is 0 Å². The standard InChI is InChI=1S/C14H16N4O4/c1-3-22-14(20)11-8-18(17-16-11)9-13(19)15-10-6-4-5-7-12(10)21-2/h4-8H,3,9H2,1-2H3,(H,15,19). The Morgan fingerprint density at radius 2 is 2.09 bits per heavy atom. The normalized spacial score (nSPS) is 10.1. The molecule has 1 amide bonds. The molecule has 1 aromatic heterocycles. The minimum atomic E-state index is -0.570. The number of methoxy groups -OCH3 is 1. The van der Waals surface area contributed by atoms with Crippen LogP contribution in [0.1, 0.15) is 17.4 Å². The molecule has 0 saturated heterocycles. The Hall–Kier alpha value is -2.90. The van der Waals surface area contributed by atoms with E-state index in [0.717, 1.165) is 0 Å². The quantitative estimate of drug-likeness (QED) is 0.803. The number of amides is 1. The van der Waals surface area contributed by atoms with Crippen LogP contribution in [0.3, 0.4) is 0 Å². The lowest BCUT2D eigenvalue weighted by atomic mass is 10.3. The average Bonchev–Trinajstić information content (AvgIpc) is 2.96. The van der Waals surface area contributed by atoms with E-state index in [9.17, 15) is 9.59 Å². The van der Waals surface area contributed by atoms with E-state index in [1.54, 1.807) is 31.2 Å². The number of hydrogen-bond acceptors (Lipinski definition) is 6. The molecule has 0 radical (unpaired) electrons. The number of ether oxygens (including phenoxy) is 2. The minimum Gasteiger partial charge on any atom is -0.495 e. The zero-order chi connectivity index (χ0) is 15.9. The predicted octanol–water partition coefficient (Wildman–Crippen LogP) is 1.10. The van der Waals surface area contributed by atoms with Crippen molar-refractivity contribution in [2.45, 2.75) is 13.5 Å². The highest BCUT2D eigenvalue weighted by atomic mass is 16.5. The molecule has 0 fully saturated rings. The summed E-state index contributed by atoms with van der Waals surface area (Å²) in [5.41, 5.74) is 0.618. The van der Waals surface area contributed by atoms with Gasteiger partial charge in [0.25, 0.3) is 0 Å². The van der Waals surface area contributed by atoms with Gasteiger partial charge in [0, 0.05) is 0 Å². The number of carbonyl (C=O) groups is 2. The number of carbonyl (C=O) groups excluding carboxylic acids is 2. The molecule has 8 heteroatoms. The van der Waals surface area contributed by atoms with Gasteiger partial charge in [-0.25, -0.2) is 9.48 Å². The van der Waals surface area contributed by atoms with Crippen LogP contribution in [0.15, 0.2) is 30.5 Å². The van der Waals surface area contributed by atoms with Crippen molar-refractivity contribution in [3.8, 4) is 5.75 Å². The van der Waals surface area contributed by atoms with Crippen molar-refractivity contribution in [3.63, 3.8) is 0 Å². The first-order valence-corrected chi connectivity index (χ1v) is 6.64. The van der Waals surface area contributed by atoms with Crippen LogP contribution in [0.4, 0.5) is 5.69 Å². The van der Waals surface area contributed by atoms with Gasteiger partial charge in [0.1, 0.15) is 12.3 Å². The molecular formula is C14H16N4O4. The van der Waals surface area contributed by atoms with Gasteiger partial charge < -0.3 is 14.8 Å². The molecule has 0 bridgehead atoms. The maximum absolute atomic E-state index is 12.0. The van der Waals surface area contributed by atoms with Crippen molar-refractivity contribution in [2.75, 3.05) is 19.0 Å². The van der Waals surface area contributed by atoms with E-state index >= 15 is 0 Å². The zero-order valence-electron chi connectivity index (χ0n) is 12.3. The van der Waals surface area contributed by atoms with Crippen LogP contribution in [0.25, 0.3) is 0 Å². The van der Waals surface area contributed by atoms with E-state index in [2.05, 4.69) is 15.6 Å². The van der Waals surface area contributed by atoms with Gasteiger partial charge in [0.15, 0.2) is 5.69 Å². The number of nitrogens with one attached hydrogen (secondary N) is 1. The number of para-hydroxylation sites is 2. The summed E-state index contributed by atoms with van der Waals surface area (Å²) in [7, 11) is 1.52. The summed E-state index contributed by atoms with van der Waals surface area (Å²) in [6, 6.07) is 7.05. The summed E-state index contributed by atoms with van der Waals surface area (Å²) < 4.78 is 11.2. The molecule has 0 aliphatic heterocycles. The number of nitrogens with zero attached hydrogens (tertiary/aromatic N) is 3. The Morgan fingerprint density at radius 3 is 2.82 bits per heavy atom. The van der Waals surface area contributed by atoms with Crippen molar-refractivity contribution in [1.82, 2.24) is 15.0 Å². The van der Waals surface area contributed by atoms with Gasteiger partial charge in [-0.3, -0.25) is 4.79 Å². The molecule has 22 heavy (non-hydrogen) atoms. The fourth-order valence-electron chi connectivity index (χ4n) is 1.76. The van der Waals surface area contributed by atoms with Gasteiger partial charge in [-0.15, -0.1) is 5.10 Å². The van der Waals surface area contributed by atoms with Crippen LogP contribution in [-0.2, 0) is 16.1 Å². The summed E-state index contributed by atoms with van der Waals surface area (Å²) in [5, 5.41) is 10.1. The lowest BCUT2D eigenvalue weighted by Gasteiger charge is -2.09. The molecule has 0 saturated carbocycles. The predicted molar refractivity (Wildman–Crippen MR) is 77.6 cm³/mol. The number of anilines is 1. The number of benzene rings is 1. The van der Waals surface area contributed by atoms with Crippen LogP contribution < -0.4 is 10.1 Å². The van der Waals surface area contributed by atoms with Crippen LogP contribution in [0.5, 0.6) is 5.75 Å². The third kappa shape index (κ3) is 3.81. The first-order valence-electron chi connectivity index (χ1n) is 6.64. The Morgan fingerprint density at radius 1 is 1.32 bits per heavy atom. The molecule has 0 aliphatic carbocycles. The number of esters is 1. The maximum Gasteiger partial charge on any atom is 0.360 e. The van der Waals surface area contributed by atoms with Crippen LogP contribution >= 0.6 is 0 Å². The molecular weight excluding hydrogens is 288 g/mol. The molecule has 0 atom stereocenters. The van der Waals surface area contributed by atoms with Crippen molar-refractivity contribution in [1.29, 1.82) is 0 Å². The lowest BCUT2D eigenvalue weighted by molar-refractivity contribution is -0.116. The van der Waals surface area contributed by atoms with Gasteiger partial charge in [-0.1, -0.05) is 17.3 Å². The van der Waals surface area contributed by atoms with Gasteiger partial charge in [0.2, 0.25) is 5.91 Å². The van der Waals surface area contributed by atoms with Crippen LogP contribution in [-0.4, -0.2) is 40.6 Å². The molecule has 1 N–H and O–H groups in total. The second-order valence-corrected chi connectivity index (χ2v) is 4.27. The Bertz CT molecular complexity index is 668. The van der Waals surface area contributed by atoms with Crippen LogP contribution in [0, 0.1) is 0 Å². The second kappa shape index (κ2) is 7.21. The Kier molecular flexibility index (Phi) is 5.07. The van der Waals surface area contributed by atoms with E-state index in [1.165, 1.54) is 18.0 Å². The minimum absolute atomic E-state index is 0.0620. The zero-order valence-corrected chi connectivity index (χ0v) is 12.3. The lowest BCUT2D eigenvalue weighted by Crippen LogP contribution is -2.19. The summed E-state index contributed by atoms with van der Waals surface area (Å²) in [6.07, 6.45) is 1.36. The van der Waals surface area contributed by atoms with Crippen molar-refractivity contribution >= 4 is 17.6 Å². The molecule has 116 valence electrons. The molecule has 0 aliphatic rings. The van der Waals surface area contributed by atoms with Gasteiger partial charge in [-0.05, 0) is 19.1 Å². The SMILES string of the molecule is CCOC(=O)c1cn(CC(=O)Nc2ccccc2OC)nn1. The third-order valence-corrected chi connectivity index (χ3v) is 2.71. The van der Waals surface area contributed by atoms with E-state index < -0.39 is 5.97 Å². The van der Waals surface area contributed by atoms with E-state index in [-0.39, 0.29) is 24.8 Å². The number of rotatable bonds is 6. The summed E-state index contributed by atoms with van der Waals surface area (Å²) in [5.74, 6) is -0.328. The second-order valence-electron chi connectivity index (χ2n) is 4.27. The highest BCUT2D eigenvalue weighted by Crippen LogP contribution is 2.22. The Balaban J connectivity index is 1.99. The van der Waals surface area contributed by atoms with Crippen molar-refractivity contribution in [2.24, 2.45) is 0 Å². The van der Waals surface area contributed by atoms with Gasteiger partial charge >= 0.3 is 5.97 Å². The number of aromatic nitrogens is 3. The first kappa shape index (κ1) is 15.5. The van der Waals surface area contributed by atoms with Crippen molar-refractivity contribution < 1.29 is 19.1 Å². The van der Waals surface area contributed by atoms with E-state index in [4.69, 9.17) is 9.47 Å². The maximum atomic E-state index is 12.0. The molecule has 2 rings (SSSR count). The highest BCUT2D eigenvalue weighted by molar-refractivity contribution is 5.92. The monoisotopic (exact) mass is 304 g/mol. The molecule has 0 unspecified atom stereocenters. The summed E-state index contributed by atoms with van der Waals surface area (Å²) in [4.78, 5) is 23.4. The average molecular weight is 304 g/mol. The summed E-state index contributed by atoms with van der Waals surface area (Å²) in [6.45, 7) is 1.87. The number of hydrogen-bond donors (Lipinski definition) is 1. The topological polar surface area (TPSA) is 95.3 Å². The van der Waals surface area contributed by atoms with Gasteiger partial charge in [0.05, 0.1) is 25.6 Å². The molecule has 1 heterocycles. The Labute approximate surface area is 127 Å². The first-order chi connectivity index (χ1) is 10.6. The highest BCUT2D eigenvalue weighted by Gasteiger charge is 2.13. The van der Waals surface area contributed by atoms with E-state index in [0.29, 0.717) is 11.4 Å². The molecule has 8 nitrogen and oxygen atoms in total. The smallest absolute Gasteiger partial charge is 0.360 e. The fourth-order valence-corrected chi connectivity index (χ4v) is 1.76. The molecule has 0 spiro atoms. The third-order valence-electron chi connectivity index (χ3n) is 2.71. The molecule has 1 aromatic carbocycles. The fraction of sp³-hybridized carbons (Fsp3) is 0.286. The van der Waals surface area contributed by atoms with Crippen molar-refractivity contribution in [3.05, 3.63) is 36.2 Å². The molecule has 2 aromatic rings.